The summed E-state index contributed by atoms with van der Waals surface area (Å²) in [4.78, 5) is 18.9. The molecule has 0 aromatic carbocycles. The molecule has 0 bridgehead atoms. The van der Waals surface area contributed by atoms with Crippen LogP contribution in [-0.2, 0) is 9.63 Å². The second-order valence-corrected chi connectivity index (χ2v) is 2.98. The van der Waals surface area contributed by atoms with Crippen LogP contribution in [0.1, 0.15) is 5.82 Å². The lowest BCUT2D eigenvalue weighted by atomic mass is 10.4. The van der Waals surface area contributed by atoms with Gasteiger partial charge < -0.3 is 10.6 Å². The van der Waals surface area contributed by atoms with Crippen molar-refractivity contribution >= 4 is 39.2 Å². The largest absolute Gasteiger partial charge is 0.398 e. The zero-order chi connectivity index (χ0) is 9.84. The fourth-order valence-electron chi connectivity index (χ4n) is 0.587. The molecule has 0 aliphatic rings. The van der Waals surface area contributed by atoms with E-state index in [4.69, 9.17) is 17.3 Å². The highest BCUT2D eigenvalue weighted by Crippen LogP contribution is 2.08. The first-order chi connectivity index (χ1) is 6.15. The van der Waals surface area contributed by atoms with E-state index in [-0.39, 0.29) is 16.7 Å². The van der Waals surface area contributed by atoms with Crippen LogP contribution >= 0.6 is 23.1 Å². The maximum absolute atomic E-state index is 10.8. The number of hydrogen-bond donors (Lipinski definition) is 1. The number of carbonyl (C=O) groups is 1. The van der Waals surface area contributed by atoms with Gasteiger partial charge in [0.05, 0.1) is 0 Å². The lowest BCUT2D eigenvalue weighted by Gasteiger charge is -1.92. The van der Waals surface area contributed by atoms with E-state index in [1.165, 1.54) is 7.11 Å². The summed E-state index contributed by atoms with van der Waals surface area (Å²) in [6.45, 7) is 0. The number of nitrogens with zero attached hydrogens (tertiary/aromatic N) is 3. The molecule has 0 amide bonds. The van der Waals surface area contributed by atoms with Gasteiger partial charge in [0.15, 0.2) is 5.13 Å². The van der Waals surface area contributed by atoms with E-state index in [1.807, 2.05) is 0 Å². The van der Waals surface area contributed by atoms with Crippen molar-refractivity contribution in [1.29, 1.82) is 0 Å². The van der Waals surface area contributed by atoms with Crippen LogP contribution in [0.4, 0.5) is 5.13 Å². The zero-order valence-electron chi connectivity index (χ0n) is 6.52. The molecule has 70 valence electrons. The predicted octanol–water partition coefficient (Wildman–Crippen LogP) is 0.236. The molecule has 0 aliphatic heterocycles. The Morgan fingerprint density at radius 1 is 1.77 bits per heavy atom. The van der Waals surface area contributed by atoms with E-state index in [0.717, 1.165) is 11.5 Å². The predicted molar refractivity (Wildman–Crippen MR) is 48.7 cm³/mol. The van der Waals surface area contributed by atoms with Crippen LogP contribution < -0.4 is 5.73 Å². The van der Waals surface area contributed by atoms with Crippen molar-refractivity contribution in [3.8, 4) is 0 Å². The first-order valence-corrected chi connectivity index (χ1v) is 4.21. The molecule has 0 aliphatic carbocycles. The van der Waals surface area contributed by atoms with E-state index in [0.29, 0.717) is 0 Å². The van der Waals surface area contributed by atoms with E-state index in [2.05, 4.69) is 19.4 Å². The number of halogens is 1. The summed E-state index contributed by atoms with van der Waals surface area (Å²) in [6, 6.07) is 0. The van der Waals surface area contributed by atoms with Crippen molar-refractivity contribution < 1.29 is 9.63 Å². The van der Waals surface area contributed by atoms with E-state index in [1.54, 1.807) is 0 Å². The van der Waals surface area contributed by atoms with Crippen molar-refractivity contribution in [3.05, 3.63) is 5.82 Å². The van der Waals surface area contributed by atoms with Gasteiger partial charge in [-0.25, -0.2) is 0 Å². The summed E-state index contributed by atoms with van der Waals surface area (Å²) in [7, 11) is 1.29. The molecule has 1 aromatic rings. The van der Waals surface area contributed by atoms with Gasteiger partial charge in [-0.2, -0.15) is 9.36 Å². The van der Waals surface area contributed by atoms with E-state index in [9.17, 15) is 4.79 Å². The lowest BCUT2D eigenvalue weighted by molar-refractivity contribution is -0.106. The topological polar surface area (TPSA) is 90.5 Å². The Morgan fingerprint density at radius 3 is 2.85 bits per heavy atom. The molecule has 13 heavy (non-hydrogen) atoms. The Labute approximate surface area is 82.5 Å². The maximum atomic E-state index is 10.8. The van der Waals surface area contributed by atoms with Gasteiger partial charge in [0, 0.05) is 11.5 Å². The Kier molecular flexibility index (Phi) is 3.15. The minimum absolute atomic E-state index is 0.0735. The number of hydrogen-bond acceptors (Lipinski definition) is 7. The van der Waals surface area contributed by atoms with Gasteiger partial charge in [0.2, 0.25) is 11.5 Å². The molecule has 2 N–H and O–H groups in total. The molecule has 0 saturated carbocycles. The zero-order valence-corrected chi connectivity index (χ0v) is 8.09. The Morgan fingerprint density at radius 2 is 2.46 bits per heavy atom. The Bertz CT molecular complexity index is 350. The minimum Gasteiger partial charge on any atom is -0.398 e. The molecule has 1 rings (SSSR count). The molecular weight excluding hydrogens is 216 g/mol. The maximum Gasteiger partial charge on any atom is 0.278 e. The van der Waals surface area contributed by atoms with Gasteiger partial charge in [-0.3, -0.25) is 4.79 Å². The average molecular weight is 221 g/mol. The Hall–Kier alpha value is -1.21. The highest BCUT2D eigenvalue weighted by molar-refractivity contribution is 7.09. The van der Waals surface area contributed by atoms with E-state index < -0.39 is 5.24 Å². The third kappa shape index (κ3) is 2.36. The van der Waals surface area contributed by atoms with Gasteiger partial charge in [-0.1, -0.05) is 5.16 Å². The van der Waals surface area contributed by atoms with Crippen molar-refractivity contribution in [3.63, 3.8) is 0 Å². The highest BCUT2D eigenvalue weighted by atomic mass is 35.5. The van der Waals surface area contributed by atoms with Gasteiger partial charge >= 0.3 is 0 Å². The molecule has 6 nitrogen and oxygen atoms in total. The number of oxime groups is 1. The fourth-order valence-corrected chi connectivity index (χ4v) is 1.14. The SMILES string of the molecule is CO/N=C(/C(=O)Cl)c1nsc(N)n1. The number of carbonyl (C=O) groups excluding carboxylic acids is 1. The monoisotopic (exact) mass is 220 g/mol. The number of anilines is 1. The standard InChI is InChI=1S/C5H5ClN4O2S/c1-12-9-2(3(6)11)4-8-5(7)13-10-4/h1H3,(H2,7,8,10)/b9-2-. The summed E-state index contributed by atoms with van der Waals surface area (Å²) in [5.41, 5.74) is 5.15. The molecule has 1 heterocycles. The number of rotatable bonds is 3. The molecule has 1 aromatic heterocycles. The van der Waals surface area contributed by atoms with Gasteiger partial charge in [-0.15, -0.1) is 0 Å². The molecule has 0 radical (unpaired) electrons. The second-order valence-electron chi connectivity index (χ2n) is 1.85. The first kappa shape index (κ1) is 9.87. The van der Waals surface area contributed by atoms with Crippen LogP contribution in [0.3, 0.4) is 0 Å². The van der Waals surface area contributed by atoms with Crippen molar-refractivity contribution in [2.24, 2.45) is 5.16 Å². The minimum atomic E-state index is -0.792. The third-order valence-electron chi connectivity index (χ3n) is 1.02. The first-order valence-electron chi connectivity index (χ1n) is 3.05. The quantitative estimate of drug-likeness (QED) is 0.448. The summed E-state index contributed by atoms with van der Waals surface area (Å²) in [5.74, 6) is 0.0735. The summed E-state index contributed by atoms with van der Waals surface area (Å²) in [6.07, 6.45) is 0. The average Bonchev–Trinajstić information content (AvgIpc) is 2.46. The Balaban J connectivity index is 3.02. The fraction of sp³-hybridized carbons (Fsp3) is 0.200. The molecule has 0 saturated heterocycles. The molecule has 8 heteroatoms. The van der Waals surface area contributed by atoms with Crippen molar-refractivity contribution in [2.75, 3.05) is 12.8 Å². The third-order valence-corrected chi connectivity index (χ3v) is 1.74. The normalized spacial score (nSPS) is 11.4. The number of aromatic nitrogens is 2. The number of nitrogen functional groups attached to an aromatic ring is 1. The van der Waals surface area contributed by atoms with Crippen LogP contribution in [0.2, 0.25) is 0 Å². The van der Waals surface area contributed by atoms with Crippen LogP contribution in [0.5, 0.6) is 0 Å². The van der Waals surface area contributed by atoms with Crippen molar-refractivity contribution in [1.82, 2.24) is 9.36 Å². The van der Waals surface area contributed by atoms with Gasteiger partial charge in [-0.05, 0) is 11.6 Å². The summed E-state index contributed by atoms with van der Waals surface area (Å²) < 4.78 is 3.75. The van der Waals surface area contributed by atoms with Crippen molar-refractivity contribution in [2.45, 2.75) is 0 Å². The summed E-state index contributed by atoms with van der Waals surface area (Å²) in [5, 5.41) is 2.81. The van der Waals surface area contributed by atoms with Gasteiger partial charge in [0.1, 0.15) is 7.11 Å². The smallest absolute Gasteiger partial charge is 0.278 e. The summed E-state index contributed by atoms with van der Waals surface area (Å²) >= 11 is 6.15. The molecule has 0 atom stereocenters. The number of nitrogens with two attached hydrogens (primary N) is 1. The molecule has 0 spiro atoms. The van der Waals surface area contributed by atoms with Crippen LogP contribution in [0, 0.1) is 0 Å². The van der Waals surface area contributed by atoms with E-state index >= 15 is 0 Å². The second kappa shape index (κ2) is 4.15. The highest BCUT2D eigenvalue weighted by Gasteiger charge is 2.17. The molecule has 0 fully saturated rings. The van der Waals surface area contributed by atoms with Crippen LogP contribution in [-0.4, -0.2) is 27.4 Å². The van der Waals surface area contributed by atoms with Crippen LogP contribution in [0.15, 0.2) is 5.16 Å². The lowest BCUT2D eigenvalue weighted by Crippen LogP contribution is -2.12. The molecular formula is C5H5ClN4O2S. The molecule has 0 unspecified atom stereocenters. The van der Waals surface area contributed by atoms with Crippen LogP contribution in [0.25, 0.3) is 0 Å². The van der Waals surface area contributed by atoms with Gasteiger partial charge in [0.25, 0.3) is 5.24 Å².